The molecule has 0 aliphatic carbocycles. The molecule has 2 aromatic carbocycles. The molecule has 6 nitrogen and oxygen atoms in total. The number of methoxy groups -OCH3 is 1. The maximum absolute atomic E-state index is 5.40. The van der Waals surface area contributed by atoms with Crippen LogP contribution in [0.15, 0.2) is 47.5 Å². The van der Waals surface area contributed by atoms with Gasteiger partial charge < -0.3 is 19.9 Å². The van der Waals surface area contributed by atoms with Crippen molar-refractivity contribution < 1.29 is 4.74 Å². The highest BCUT2D eigenvalue weighted by Gasteiger charge is 2.06. The molecule has 6 heteroatoms. The lowest BCUT2D eigenvalue weighted by Crippen LogP contribution is -2.39. The van der Waals surface area contributed by atoms with Gasteiger partial charge in [-0.2, -0.15) is 0 Å². The van der Waals surface area contributed by atoms with Crippen LogP contribution in [0, 0.1) is 13.8 Å². The lowest BCUT2D eigenvalue weighted by molar-refractivity contribution is 0.411. The Morgan fingerprint density at radius 3 is 2.69 bits per heavy atom. The molecule has 0 radical (unpaired) electrons. The Labute approximate surface area is 173 Å². The molecule has 3 aromatic rings. The molecule has 1 aromatic heterocycles. The summed E-state index contributed by atoms with van der Waals surface area (Å²) in [4.78, 5) is 8.95. The number of guanidine groups is 1. The molecule has 2 N–H and O–H groups in total. The summed E-state index contributed by atoms with van der Waals surface area (Å²) in [6.07, 6.45) is 1.91. The Morgan fingerprint density at radius 2 is 1.90 bits per heavy atom. The molecule has 0 unspecified atom stereocenters. The third kappa shape index (κ3) is 5.28. The van der Waals surface area contributed by atoms with Crippen molar-refractivity contribution in [2.45, 2.75) is 33.2 Å². The van der Waals surface area contributed by atoms with Crippen molar-refractivity contribution in [1.29, 1.82) is 0 Å². The molecule has 3 rings (SSSR count). The lowest BCUT2D eigenvalue weighted by Gasteiger charge is -2.13. The molecule has 0 saturated heterocycles. The Balaban J connectivity index is 1.43. The van der Waals surface area contributed by atoms with Crippen molar-refractivity contribution in [3.63, 3.8) is 0 Å². The predicted octanol–water partition coefficient (Wildman–Crippen LogP) is 3.46. The third-order valence-corrected chi connectivity index (χ3v) is 5.10. The highest BCUT2D eigenvalue weighted by molar-refractivity contribution is 5.79. The number of aromatic nitrogens is 2. The van der Waals surface area contributed by atoms with E-state index in [0.717, 1.165) is 61.1 Å². The molecule has 154 valence electrons. The van der Waals surface area contributed by atoms with Crippen molar-refractivity contribution in [1.82, 2.24) is 20.2 Å². The normalized spacial score (nSPS) is 11.7. The van der Waals surface area contributed by atoms with Crippen LogP contribution in [-0.4, -0.2) is 42.8 Å². The van der Waals surface area contributed by atoms with E-state index in [2.05, 4.69) is 75.4 Å². The maximum atomic E-state index is 5.40. The minimum absolute atomic E-state index is 0.817. The first kappa shape index (κ1) is 20.7. The van der Waals surface area contributed by atoms with Gasteiger partial charge in [-0.15, -0.1) is 0 Å². The van der Waals surface area contributed by atoms with Gasteiger partial charge in [0, 0.05) is 26.7 Å². The van der Waals surface area contributed by atoms with Gasteiger partial charge >= 0.3 is 0 Å². The van der Waals surface area contributed by atoms with E-state index in [0.29, 0.717) is 0 Å². The number of fused-ring (bicyclic) bond motifs is 1. The molecule has 0 aliphatic rings. The van der Waals surface area contributed by atoms with Gasteiger partial charge in [0.05, 0.1) is 18.1 Å². The van der Waals surface area contributed by atoms with E-state index in [1.807, 2.05) is 6.07 Å². The zero-order valence-corrected chi connectivity index (χ0v) is 17.8. The minimum atomic E-state index is 0.817. The first-order chi connectivity index (χ1) is 14.1. The van der Waals surface area contributed by atoms with E-state index in [1.54, 1.807) is 14.2 Å². The first-order valence-electron chi connectivity index (χ1n) is 10.1. The fourth-order valence-electron chi connectivity index (χ4n) is 3.49. The van der Waals surface area contributed by atoms with Crippen LogP contribution in [-0.2, 0) is 13.0 Å². The van der Waals surface area contributed by atoms with E-state index >= 15 is 0 Å². The average Bonchev–Trinajstić information content (AvgIpc) is 3.06. The summed E-state index contributed by atoms with van der Waals surface area (Å²) < 4.78 is 7.68. The monoisotopic (exact) mass is 393 g/mol. The zero-order chi connectivity index (χ0) is 20.6. The second-order valence-corrected chi connectivity index (χ2v) is 7.13. The molecule has 29 heavy (non-hydrogen) atoms. The predicted molar refractivity (Wildman–Crippen MR) is 120 cm³/mol. The molecule has 0 amide bonds. The van der Waals surface area contributed by atoms with Crippen molar-refractivity contribution in [3.05, 3.63) is 59.4 Å². The van der Waals surface area contributed by atoms with E-state index in [-0.39, 0.29) is 0 Å². The molecular weight excluding hydrogens is 362 g/mol. The van der Waals surface area contributed by atoms with Crippen molar-refractivity contribution >= 4 is 17.0 Å². The highest BCUT2D eigenvalue weighted by atomic mass is 16.5. The minimum Gasteiger partial charge on any atom is -0.496 e. The molecule has 0 bridgehead atoms. The standard InChI is InChI=1S/C23H31N5O/c1-17-10-11-19(16-22(17)29-4)12-14-26-23(24-3)25-13-7-15-28-18(2)27-20-8-5-6-9-21(20)28/h5-6,8-11,16H,7,12-15H2,1-4H3,(H2,24,25,26). The van der Waals surface area contributed by atoms with Crippen LogP contribution in [0.2, 0.25) is 0 Å². The van der Waals surface area contributed by atoms with Crippen LogP contribution < -0.4 is 15.4 Å². The number of nitrogens with zero attached hydrogens (tertiary/aromatic N) is 3. The quantitative estimate of drug-likeness (QED) is 0.349. The van der Waals surface area contributed by atoms with Gasteiger partial charge in [0.2, 0.25) is 0 Å². The van der Waals surface area contributed by atoms with Crippen molar-refractivity contribution in [2.75, 3.05) is 27.2 Å². The summed E-state index contributed by atoms with van der Waals surface area (Å²) in [5.41, 5.74) is 4.66. The van der Waals surface area contributed by atoms with Gasteiger partial charge in [-0.1, -0.05) is 24.3 Å². The number of rotatable bonds is 8. The van der Waals surface area contributed by atoms with Crippen LogP contribution in [0.3, 0.4) is 0 Å². The zero-order valence-electron chi connectivity index (χ0n) is 17.8. The molecule has 0 saturated carbocycles. The number of imidazole rings is 1. The summed E-state index contributed by atoms with van der Waals surface area (Å²) in [5, 5.41) is 6.78. The van der Waals surface area contributed by atoms with Crippen LogP contribution in [0.25, 0.3) is 11.0 Å². The summed E-state index contributed by atoms with van der Waals surface area (Å²) in [6, 6.07) is 14.6. The Hall–Kier alpha value is -3.02. The fourth-order valence-corrected chi connectivity index (χ4v) is 3.49. The number of benzene rings is 2. The highest BCUT2D eigenvalue weighted by Crippen LogP contribution is 2.19. The largest absolute Gasteiger partial charge is 0.496 e. The number of ether oxygens (including phenoxy) is 1. The molecular formula is C23H31N5O. The number of para-hydroxylation sites is 2. The summed E-state index contributed by atoms with van der Waals surface area (Å²) >= 11 is 0. The third-order valence-electron chi connectivity index (χ3n) is 5.10. The number of aryl methyl sites for hydroxylation is 3. The van der Waals surface area contributed by atoms with E-state index in [4.69, 9.17) is 4.74 Å². The van der Waals surface area contributed by atoms with Gasteiger partial charge in [0.25, 0.3) is 0 Å². The molecule has 0 aliphatic heterocycles. The summed E-state index contributed by atoms with van der Waals surface area (Å²) in [7, 11) is 3.52. The van der Waals surface area contributed by atoms with E-state index in [1.165, 1.54) is 11.1 Å². The van der Waals surface area contributed by atoms with Crippen LogP contribution in [0.4, 0.5) is 0 Å². The number of hydrogen-bond acceptors (Lipinski definition) is 3. The second kappa shape index (κ2) is 9.96. The second-order valence-electron chi connectivity index (χ2n) is 7.13. The fraction of sp³-hybridized carbons (Fsp3) is 0.391. The number of aliphatic imine (C=N–C) groups is 1. The van der Waals surface area contributed by atoms with E-state index in [9.17, 15) is 0 Å². The van der Waals surface area contributed by atoms with E-state index < -0.39 is 0 Å². The molecule has 1 heterocycles. The maximum Gasteiger partial charge on any atom is 0.190 e. The van der Waals surface area contributed by atoms with Crippen molar-refractivity contribution in [3.8, 4) is 5.75 Å². The first-order valence-corrected chi connectivity index (χ1v) is 10.1. The van der Waals surface area contributed by atoms with Crippen LogP contribution in [0.5, 0.6) is 5.75 Å². The molecule has 0 fully saturated rings. The Bertz CT molecular complexity index is 977. The van der Waals surface area contributed by atoms with Gasteiger partial charge in [0.15, 0.2) is 5.96 Å². The summed E-state index contributed by atoms with van der Waals surface area (Å²) in [6.45, 7) is 6.72. The van der Waals surface area contributed by atoms with Crippen LogP contribution in [0.1, 0.15) is 23.4 Å². The van der Waals surface area contributed by atoms with Gasteiger partial charge in [-0.3, -0.25) is 4.99 Å². The number of nitrogens with one attached hydrogen (secondary N) is 2. The SMILES string of the molecule is CN=C(NCCCn1c(C)nc2ccccc21)NCCc1ccc(C)c(OC)c1. The van der Waals surface area contributed by atoms with Crippen molar-refractivity contribution in [2.24, 2.45) is 4.99 Å². The molecule has 0 spiro atoms. The smallest absolute Gasteiger partial charge is 0.190 e. The Kier molecular flexibility index (Phi) is 7.11. The average molecular weight is 394 g/mol. The van der Waals surface area contributed by atoms with Gasteiger partial charge in [0.1, 0.15) is 11.6 Å². The van der Waals surface area contributed by atoms with Gasteiger partial charge in [-0.25, -0.2) is 4.98 Å². The lowest BCUT2D eigenvalue weighted by atomic mass is 10.1. The topological polar surface area (TPSA) is 63.5 Å². The van der Waals surface area contributed by atoms with Crippen LogP contribution >= 0.6 is 0 Å². The molecule has 0 atom stereocenters. The summed E-state index contributed by atoms with van der Waals surface area (Å²) in [5.74, 6) is 2.82. The van der Waals surface area contributed by atoms with Gasteiger partial charge in [-0.05, 0) is 56.0 Å². The number of hydrogen-bond donors (Lipinski definition) is 2. The Morgan fingerprint density at radius 1 is 1.10 bits per heavy atom.